The van der Waals surface area contributed by atoms with Gasteiger partial charge in [0.15, 0.2) is 0 Å². The molecule has 3 aromatic carbocycles. The van der Waals surface area contributed by atoms with Gasteiger partial charge in [-0.3, -0.25) is 0 Å². The van der Waals surface area contributed by atoms with Crippen LogP contribution in [-0.4, -0.2) is 20.2 Å². The molecule has 0 fully saturated rings. The topological polar surface area (TPSA) is 0 Å². The summed E-state index contributed by atoms with van der Waals surface area (Å²) in [6.07, 6.45) is 0. The molecule has 0 aliphatic carbocycles. The van der Waals surface area contributed by atoms with Crippen LogP contribution < -0.4 is 10.5 Å². The number of benzene rings is 3. The Morgan fingerprint density at radius 2 is 0.607 bits per heavy atom. The molecule has 0 spiro atoms. The van der Waals surface area contributed by atoms with Crippen molar-refractivity contribution >= 4 is 30.7 Å². The molecule has 0 amide bonds. The van der Waals surface area contributed by atoms with Gasteiger partial charge >= 0.3 is 180 Å². The molecule has 0 aliphatic rings. The zero-order chi connectivity index (χ0) is 20.3. The van der Waals surface area contributed by atoms with Crippen molar-refractivity contribution in [3.05, 3.63) is 89.5 Å². The van der Waals surface area contributed by atoms with E-state index in [4.69, 9.17) is 0 Å². The first-order chi connectivity index (χ1) is 13.4. The van der Waals surface area contributed by atoms with E-state index in [0.29, 0.717) is 17.8 Å². The first-order valence-electron chi connectivity index (χ1n) is 10.5. The van der Waals surface area contributed by atoms with Gasteiger partial charge in [-0.15, -0.1) is 0 Å². The molecule has 0 nitrogen and oxygen atoms in total. The summed E-state index contributed by atoms with van der Waals surface area (Å²) in [4.78, 5) is 0. The van der Waals surface area contributed by atoms with Gasteiger partial charge in [0.05, 0.1) is 0 Å². The van der Waals surface area contributed by atoms with Gasteiger partial charge in [-0.1, -0.05) is 0 Å². The van der Waals surface area contributed by atoms with Gasteiger partial charge < -0.3 is 0 Å². The van der Waals surface area contributed by atoms with Gasteiger partial charge in [-0.25, -0.2) is 0 Å². The van der Waals surface area contributed by atoms with E-state index in [-0.39, 0.29) is 0 Å². The summed E-state index contributed by atoms with van der Waals surface area (Å²) in [7, 11) is 0. The molecule has 0 saturated carbocycles. The van der Waals surface area contributed by atoms with Gasteiger partial charge in [-0.05, 0) is 0 Å². The van der Waals surface area contributed by atoms with Crippen LogP contribution in [0.4, 0.5) is 0 Å². The van der Waals surface area contributed by atoms with E-state index in [1.807, 2.05) is 0 Å². The third-order valence-electron chi connectivity index (χ3n) is 5.45. The summed E-state index contributed by atoms with van der Waals surface area (Å²) in [6.45, 7) is 13.6. The van der Waals surface area contributed by atoms with E-state index >= 15 is 0 Å². The van der Waals surface area contributed by atoms with Crippen molar-refractivity contribution < 1.29 is 0 Å². The van der Waals surface area contributed by atoms with Crippen LogP contribution >= 0.6 is 0 Å². The average Bonchev–Trinajstić information content (AvgIpc) is 2.69. The zero-order valence-electron chi connectivity index (χ0n) is 18.1. The van der Waals surface area contributed by atoms with Gasteiger partial charge in [0, 0.05) is 0 Å². The van der Waals surface area contributed by atoms with Gasteiger partial charge in [-0.2, -0.15) is 0 Å². The fraction of sp³-hybridized carbons (Fsp3) is 0.333. The maximum atomic E-state index is 2.39. The molecule has 3 aromatic rings. The standard InChI is InChI=1S/3C9H11.Sb/c3*1-8(2)9-6-4-3-5-7-9;/h3*4-8H,1-2H3;. The van der Waals surface area contributed by atoms with Crippen LogP contribution in [0.1, 0.15) is 76.0 Å². The Morgan fingerprint density at radius 1 is 0.393 bits per heavy atom. The van der Waals surface area contributed by atoms with Crippen molar-refractivity contribution in [2.24, 2.45) is 0 Å². The molecule has 0 saturated heterocycles. The Kier molecular flexibility index (Phi) is 7.05. The molecule has 0 bridgehead atoms. The van der Waals surface area contributed by atoms with Crippen LogP contribution in [0.3, 0.4) is 0 Å². The van der Waals surface area contributed by atoms with Gasteiger partial charge in [0.1, 0.15) is 0 Å². The number of hydrogen-bond acceptors (Lipinski definition) is 0. The quantitative estimate of drug-likeness (QED) is 0.406. The van der Waals surface area contributed by atoms with E-state index in [2.05, 4.69) is 114 Å². The minimum atomic E-state index is -2.02. The Morgan fingerprint density at radius 3 is 0.786 bits per heavy atom. The molecular weight excluding hydrogens is 446 g/mol. The van der Waals surface area contributed by atoms with E-state index in [0.717, 1.165) is 0 Å². The summed E-state index contributed by atoms with van der Waals surface area (Å²) in [5.41, 5.74) is 4.28. The summed E-state index contributed by atoms with van der Waals surface area (Å²) in [5, 5.41) is 0. The van der Waals surface area contributed by atoms with Crippen LogP contribution in [-0.2, 0) is 0 Å². The third kappa shape index (κ3) is 4.90. The van der Waals surface area contributed by atoms with Crippen LogP contribution in [0.5, 0.6) is 0 Å². The van der Waals surface area contributed by atoms with Crippen LogP contribution in [0.15, 0.2) is 72.8 Å². The second kappa shape index (κ2) is 9.32. The molecule has 3 rings (SSSR count). The minimum absolute atomic E-state index is 0.579. The van der Waals surface area contributed by atoms with Crippen molar-refractivity contribution in [2.45, 2.75) is 59.3 Å². The fourth-order valence-electron chi connectivity index (χ4n) is 3.47. The van der Waals surface area contributed by atoms with E-state index < -0.39 is 20.2 Å². The fourth-order valence-corrected chi connectivity index (χ4v) is 9.85. The summed E-state index contributed by atoms with van der Waals surface area (Å²) >= 11 is -2.02. The van der Waals surface area contributed by atoms with E-state index in [9.17, 15) is 0 Å². The van der Waals surface area contributed by atoms with Crippen molar-refractivity contribution in [3.8, 4) is 0 Å². The van der Waals surface area contributed by atoms with E-state index in [1.165, 1.54) is 16.7 Å². The molecule has 146 valence electrons. The molecule has 0 N–H and O–H groups in total. The molecule has 0 unspecified atom stereocenters. The summed E-state index contributed by atoms with van der Waals surface area (Å²) in [5.74, 6) is 1.74. The van der Waals surface area contributed by atoms with Crippen LogP contribution in [0.25, 0.3) is 0 Å². The van der Waals surface area contributed by atoms with Crippen LogP contribution in [0.2, 0.25) is 0 Å². The second-order valence-electron chi connectivity index (χ2n) is 8.57. The van der Waals surface area contributed by atoms with Crippen molar-refractivity contribution in [2.75, 3.05) is 0 Å². The molecule has 0 radical (unpaired) electrons. The van der Waals surface area contributed by atoms with Gasteiger partial charge in [0.25, 0.3) is 0 Å². The summed E-state index contributed by atoms with van der Waals surface area (Å²) < 4.78 is 4.63. The Balaban J connectivity index is 2.04. The maximum absolute atomic E-state index is 2.39. The molecule has 0 atom stereocenters. The monoisotopic (exact) mass is 478 g/mol. The van der Waals surface area contributed by atoms with Crippen molar-refractivity contribution in [3.63, 3.8) is 0 Å². The first-order valence-corrected chi connectivity index (χ1v) is 14.3. The van der Waals surface area contributed by atoms with Crippen molar-refractivity contribution in [1.29, 1.82) is 0 Å². The van der Waals surface area contributed by atoms with E-state index in [1.54, 1.807) is 10.5 Å². The van der Waals surface area contributed by atoms with Crippen LogP contribution in [0, 0.1) is 0 Å². The van der Waals surface area contributed by atoms with Gasteiger partial charge in [0.2, 0.25) is 0 Å². The first kappa shape index (κ1) is 21.2. The molecule has 0 heterocycles. The predicted molar refractivity (Wildman–Crippen MR) is 126 cm³/mol. The number of rotatable bonds is 6. The SMILES string of the molecule is CC(C)c1cc[c]([Sb]([c]2ccc(C(C)C)cc2)[c]2ccc(C(C)C)cc2)cc1. The molecular formula is C27H33Sb. The predicted octanol–water partition coefficient (Wildman–Crippen LogP) is 5.57. The number of hydrogen-bond donors (Lipinski definition) is 0. The van der Waals surface area contributed by atoms with Crippen molar-refractivity contribution in [1.82, 2.24) is 0 Å². The molecule has 28 heavy (non-hydrogen) atoms. The zero-order valence-corrected chi connectivity index (χ0v) is 20.7. The second-order valence-corrected chi connectivity index (χ2v) is 14.9. The molecule has 0 aliphatic heterocycles. The summed E-state index contributed by atoms with van der Waals surface area (Å²) in [6, 6.07) is 28.4. The molecule has 1 heteroatoms. The average molecular weight is 479 g/mol. The normalized spacial score (nSPS) is 11.8. The Bertz CT molecular complexity index is 747. The third-order valence-corrected chi connectivity index (χ3v) is 12.4. The molecule has 0 aromatic heterocycles. The Labute approximate surface area is 179 Å². The Hall–Kier alpha value is -1.52.